The van der Waals surface area contributed by atoms with Gasteiger partial charge in [-0.25, -0.2) is 15.0 Å². The monoisotopic (exact) mass is 385 g/mol. The number of morpholine rings is 1. The van der Waals surface area contributed by atoms with Crippen molar-refractivity contribution in [2.24, 2.45) is 7.05 Å². The molecule has 8 heteroatoms. The minimum Gasteiger partial charge on any atom is -0.377 e. The zero-order valence-electron chi connectivity index (χ0n) is 14.9. The molecule has 2 aromatic heterocycles. The molecule has 0 bridgehead atoms. The number of halogens is 1. The number of hydrogen-bond donors (Lipinski definition) is 0. The summed E-state index contributed by atoms with van der Waals surface area (Å²) in [6.45, 7) is 1.81. The van der Waals surface area contributed by atoms with E-state index in [0.29, 0.717) is 37.1 Å². The van der Waals surface area contributed by atoms with Crippen LogP contribution in [0.3, 0.4) is 0 Å². The lowest BCUT2D eigenvalue weighted by Gasteiger charge is -2.37. The number of benzene rings is 1. The van der Waals surface area contributed by atoms with Crippen molar-refractivity contribution in [3.63, 3.8) is 0 Å². The van der Waals surface area contributed by atoms with Crippen molar-refractivity contribution in [1.29, 1.82) is 0 Å². The van der Waals surface area contributed by atoms with E-state index < -0.39 is 0 Å². The maximum atomic E-state index is 12.5. The molecule has 1 aliphatic heterocycles. The Morgan fingerprint density at radius 3 is 2.70 bits per heavy atom. The molecule has 4 rings (SSSR count). The summed E-state index contributed by atoms with van der Waals surface area (Å²) in [5, 5.41) is 0. The van der Waals surface area contributed by atoms with Crippen LogP contribution < -0.4 is 10.5 Å². The van der Waals surface area contributed by atoms with Crippen LogP contribution >= 0.6 is 12.4 Å². The largest absolute Gasteiger partial charge is 0.377 e. The third kappa shape index (κ3) is 3.84. The van der Waals surface area contributed by atoms with Crippen molar-refractivity contribution in [1.82, 2.24) is 19.5 Å². The van der Waals surface area contributed by atoms with Crippen LogP contribution in [0.4, 0.5) is 5.95 Å². The van der Waals surface area contributed by atoms with Gasteiger partial charge in [-0.3, -0.25) is 9.36 Å². The Morgan fingerprint density at radius 1 is 1.15 bits per heavy atom. The molecule has 1 saturated heterocycles. The van der Waals surface area contributed by atoms with E-state index in [1.54, 1.807) is 23.9 Å². The fourth-order valence-corrected chi connectivity index (χ4v) is 3.15. The molecule has 1 aliphatic rings. The van der Waals surface area contributed by atoms with Crippen molar-refractivity contribution in [3.05, 3.63) is 70.9 Å². The Hall–Kier alpha value is -2.77. The quantitative estimate of drug-likeness (QED) is 0.688. The number of nitrogens with zero attached hydrogens (tertiary/aromatic N) is 5. The van der Waals surface area contributed by atoms with Crippen LogP contribution in [0.15, 0.2) is 59.8 Å². The molecule has 3 heterocycles. The van der Waals surface area contributed by atoms with Crippen LogP contribution in [0.5, 0.6) is 0 Å². The highest BCUT2D eigenvalue weighted by Gasteiger charge is 2.28. The SMILES string of the molecule is Cl.Cn1c(N2CCOC[C@H]2c2ccccc2)nc(-c2ccncn2)cc1=O. The van der Waals surface area contributed by atoms with Crippen molar-refractivity contribution < 1.29 is 4.74 Å². The molecule has 3 aromatic rings. The van der Waals surface area contributed by atoms with E-state index in [2.05, 4.69) is 27.0 Å². The van der Waals surface area contributed by atoms with Gasteiger partial charge in [0.05, 0.1) is 30.6 Å². The van der Waals surface area contributed by atoms with Crippen LogP contribution in [0.2, 0.25) is 0 Å². The summed E-state index contributed by atoms with van der Waals surface area (Å²) >= 11 is 0. The summed E-state index contributed by atoms with van der Waals surface area (Å²) in [4.78, 5) is 27.6. The summed E-state index contributed by atoms with van der Waals surface area (Å²) in [7, 11) is 1.74. The van der Waals surface area contributed by atoms with Gasteiger partial charge in [0.2, 0.25) is 5.95 Å². The van der Waals surface area contributed by atoms with Gasteiger partial charge in [-0.1, -0.05) is 30.3 Å². The Morgan fingerprint density at radius 2 is 1.96 bits per heavy atom. The van der Waals surface area contributed by atoms with Crippen LogP contribution in [0.1, 0.15) is 11.6 Å². The first kappa shape index (κ1) is 19.0. The van der Waals surface area contributed by atoms with E-state index in [1.165, 1.54) is 12.4 Å². The molecule has 1 fully saturated rings. The lowest BCUT2D eigenvalue weighted by molar-refractivity contribution is 0.0928. The predicted octanol–water partition coefficient (Wildman–Crippen LogP) is 2.24. The van der Waals surface area contributed by atoms with Crippen molar-refractivity contribution in [3.8, 4) is 11.4 Å². The lowest BCUT2D eigenvalue weighted by atomic mass is 10.1. The molecule has 0 aliphatic carbocycles. The minimum atomic E-state index is -0.123. The zero-order chi connectivity index (χ0) is 17.9. The van der Waals surface area contributed by atoms with E-state index >= 15 is 0 Å². The van der Waals surface area contributed by atoms with Gasteiger partial charge in [0.15, 0.2) is 0 Å². The van der Waals surface area contributed by atoms with Crippen molar-refractivity contribution >= 4 is 18.4 Å². The molecular formula is C19H20ClN5O2. The van der Waals surface area contributed by atoms with Crippen LogP contribution in [0.25, 0.3) is 11.4 Å². The van der Waals surface area contributed by atoms with Gasteiger partial charge < -0.3 is 9.64 Å². The van der Waals surface area contributed by atoms with Gasteiger partial charge in [-0.05, 0) is 11.6 Å². The zero-order valence-corrected chi connectivity index (χ0v) is 15.7. The van der Waals surface area contributed by atoms with Crippen LogP contribution in [0, 0.1) is 0 Å². The van der Waals surface area contributed by atoms with E-state index in [9.17, 15) is 4.79 Å². The predicted molar refractivity (Wildman–Crippen MR) is 105 cm³/mol. The highest BCUT2D eigenvalue weighted by molar-refractivity contribution is 5.85. The van der Waals surface area contributed by atoms with Gasteiger partial charge in [0, 0.05) is 25.9 Å². The first-order chi connectivity index (χ1) is 12.7. The molecule has 7 nitrogen and oxygen atoms in total. The molecule has 0 amide bonds. The average molecular weight is 386 g/mol. The molecular weight excluding hydrogens is 366 g/mol. The molecule has 0 unspecified atom stereocenters. The number of ether oxygens (including phenoxy) is 1. The van der Waals surface area contributed by atoms with E-state index in [1.807, 2.05) is 18.2 Å². The van der Waals surface area contributed by atoms with Crippen LogP contribution in [-0.4, -0.2) is 39.3 Å². The van der Waals surface area contributed by atoms with E-state index in [-0.39, 0.29) is 24.0 Å². The second kappa shape index (κ2) is 8.28. The second-order valence-corrected chi connectivity index (χ2v) is 6.13. The highest BCUT2D eigenvalue weighted by Crippen LogP contribution is 2.28. The second-order valence-electron chi connectivity index (χ2n) is 6.13. The number of aromatic nitrogens is 4. The Bertz CT molecular complexity index is 949. The van der Waals surface area contributed by atoms with Gasteiger partial charge in [0.25, 0.3) is 5.56 Å². The van der Waals surface area contributed by atoms with Gasteiger partial charge >= 0.3 is 0 Å². The maximum absolute atomic E-state index is 12.5. The molecule has 1 aromatic carbocycles. The Kier molecular flexibility index (Phi) is 5.83. The molecule has 0 spiro atoms. The molecule has 27 heavy (non-hydrogen) atoms. The average Bonchev–Trinajstić information content (AvgIpc) is 2.71. The maximum Gasteiger partial charge on any atom is 0.255 e. The fourth-order valence-electron chi connectivity index (χ4n) is 3.15. The smallest absolute Gasteiger partial charge is 0.255 e. The molecule has 0 radical (unpaired) electrons. The summed E-state index contributed by atoms with van der Waals surface area (Å²) in [6, 6.07) is 13.4. The summed E-state index contributed by atoms with van der Waals surface area (Å²) < 4.78 is 7.27. The lowest BCUT2D eigenvalue weighted by Crippen LogP contribution is -2.42. The molecule has 0 saturated carbocycles. The van der Waals surface area contributed by atoms with Crippen LogP contribution in [-0.2, 0) is 11.8 Å². The topological polar surface area (TPSA) is 73.1 Å². The summed E-state index contributed by atoms with van der Waals surface area (Å²) in [6.07, 6.45) is 3.10. The van der Waals surface area contributed by atoms with Crippen molar-refractivity contribution in [2.75, 3.05) is 24.7 Å². The molecule has 1 atom stereocenters. The Balaban J connectivity index is 0.00000210. The first-order valence-corrected chi connectivity index (χ1v) is 8.48. The van der Waals surface area contributed by atoms with Gasteiger partial charge in [0.1, 0.15) is 6.33 Å². The summed E-state index contributed by atoms with van der Waals surface area (Å²) in [5.41, 5.74) is 2.18. The van der Waals surface area contributed by atoms with Gasteiger partial charge in [-0.15, -0.1) is 12.4 Å². The standard InChI is InChI=1S/C19H19N5O2.ClH/c1-23-18(25)11-16(15-7-8-20-13-21-15)22-19(23)24-9-10-26-12-17(24)14-5-3-2-4-6-14;/h2-8,11,13,17H,9-10,12H2,1H3;1H/t17-;/m0./s1. The van der Waals surface area contributed by atoms with Gasteiger partial charge in [-0.2, -0.15) is 0 Å². The summed E-state index contributed by atoms with van der Waals surface area (Å²) in [5.74, 6) is 0.614. The normalized spacial score (nSPS) is 16.6. The van der Waals surface area contributed by atoms with Crippen molar-refractivity contribution in [2.45, 2.75) is 6.04 Å². The molecule has 140 valence electrons. The number of anilines is 1. The third-order valence-corrected chi connectivity index (χ3v) is 4.53. The highest BCUT2D eigenvalue weighted by atomic mass is 35.5. The van der Waals surface area contributed by atoms with E-state index in [0.717, 1.165) is 5.56 Å². The fraction of sp³-hybridized carbons (Fsp3) is 0.263. The Labute approximate surface area is 163 Å². The third-order valence-electron chi connectivity index (χ3n) is 4.53. The molecule has 0 N–H and O–H groups in total. The first-order valence-electron chi connectivity index (χ1n) is 8.48. The van der Waals surface area contributed by atoms with E-state index in [4.69, 9.17) is 9.72 Å². The minimum absolute atomic E-state index is 0. The number of rotatable bonds is 3. The number of hydrogen-bond acceptors (Lipinski definition) is 6.